The Balaban J connectivity index is 1.64. The number of methoxy groups -OCH3 is 1. The quantitative estimate of drug-likeness (QED) is 0.479. The summed E-state index contributed by atoms with van der Waals surface area (Å²) >= 11 is 7.28. The standard InChI is InChI=1S/C24H20ClN3O4S/c1-13-10-15(14(2)28(13)17-6-9-20(25)19(12-17)23(30)31)11-21-22(29)27-24(33-21)26-16-4-7-18(32-3)8-5-16/h4-12H,1-3H3,(H,30,31)(H,26,27,29)/b21-11-. The lowest BCUT2D eigenvalue weighted by molar-refractivity contribution is -0.115. The van der Waals surface area contributed by atoms with Gasteiger partial charge in [-0.05, 0) is 85.8 Å². The van der Waals surface area contributed by atoms with Crippen LogP contribution < -0.4 is 10.1 Å². The second-order valence-corrected chi connectivity index (χ2v) is 8.75. The molecule has 2 N–H and O–H groups in total. The van der Waals surface area contributed by atoms with E-state index in [-0.39, 0.29) is 16.5 Å². The Kier molecular flexibility index (Phi) is 6.31. The van der Waals surface area contributed by atoms with Gasteiger partial charge in [-0.15, -0.1) is 0 Å². The van der Waals surface area contributed by atoms with Crippen molar-refractivity contribution in [1.29, 1.82) is 0 Å². The molecule has 7 nitrogen and oxygen atoms in total. The number of amides is 1. The van der Waals surface area contributed by atoms with Crippen LogP contribution in [-0.2, 0) is 4.79 Å². The Hall–Kier alpha value is -3.49. The summed E-state index contributed by atoms with van der Waals surface area (Å²) in [5.74, 6) is -0.583. The molecule has 2 aromatic carbocycles. The molecule has 1 aliphatic rings. The fourth-order valence-electron chi connectivity index (χ4n) is 3.54. The maximum Gasteiger partial charge on any atom is 0.337 e. The smallest absolute Gasteiger partial charge is 0.337 e. The van der Waals surface area contributed by atoms with Gasteiger partial charge in [0, 0.05) is 17.1 Å². The average molecular weight is 482 g/mol. The van der Waals surface area contributed by atoms with Gasteiger partial charge in [-0.25, -0.2) is 9.79 Å². The number of aromatic carboxylic acids is 1. The van der Waals surface area contributed by atoms with Crippen LogP contribution in [0.25, 0.3) is 11.8 Å². The van der Waals surface area contributed by atoms with Gasteiger partial charge < -0.3 is 19.7 Å². The van der Waals surface area contributed by atoms with Gasteiger partial charge in [0.05, 0.1) is 28.3 Å². The van der Waals surface area contributed by atoms with Crippen LogP contribution in [0.5, 0.6) is 5.75 Å². The van der Waals surface area contributed by atoms with Crippen molar-refractivity contribution in [3.63, 3.8) is 0 Å². The Labute approximate surface area is 199 Å². The maximum absolute atomic E-state index is 12.5. The number of nitrogens with one attached hydrogen (secondary N) is 1. The summed E-state index contributed by atoms with van der Waals surface area (Å²) in [5, 5.41) is 12.9. The normalized spacial score (nSPS) is 15.8. The number of carboxylic acid groups (broad SMARTS) is 1. The minimum absolute atomic E-state index is 0.0340. The van der Waals surface area contributed by atoms with Crippen molar-refractivity contribution in [2.24, 2.45) is 4.99 Å². The molecule has 0 atom stereocenters. The fraction of sp³-hybridized carbons (Fsp3) is 0.125. The molecule has 0 saturated carbocycles. The number of amidine groups is 1. The number of aliphatic imine (C=N–C) groups is 1. The maximum atomic E-state index is 12.5. The first-order chi connectivity index (χ1) is 15.8. The van der Waals surface area contributed by atoms with E-state index in [1.54, 1.807) is 31.4 Å². The predicted molar refractivity (Wildman–Crippen MR) is 131 cm³/mol. The third-order valence-corrected chi connectivity index (χ3v) is 6.39. The lowest BCUT2D eigenvalue weighted by Gasteiger charge is -2.11. The number of carbonyl (C=O) groups excluding carboxylic acids is 1. The van der Waals surface area contributed by atoms with Crippen molar-refractivity contribution in [2.45, 2.75) is 13.8 Å². The summed E-state index contributed by atoms with van der Waals surface area (Å²) in [7, 11) is 1.60. The number of nitrogens with zero attached hydrogens (tertiary/aromatic N) is 2. The van der Waals surface area contributed by atoms with E-state index in [0.29, 0.717) is 21.4 Å². The molecule has 1 saturated heterocycles. The number of aryl methyl sites for hydroxylation is 1. The first-order valence-electron chi connectivity index (χ1n) is 9.92. The Morgan fingerprint density at radius 2 is 1.91 bits per heavy atom. The Morgan fingerprint density at radius 3 is 2.58 bits per heavy atom. The molecular weight excluding hydrogens is 462 g/mol. The third kappa shape index (κ3) is 4.67. The zero-order chi connectivity index (χ0) is 23.7. The van der Waals surface area contributed by atoms with E-state index in [2.05, 4.69) is 10.3 Å². The number of ether oxygens (including phenoxy) is 1. The monoisotopic (exact) mass is 481 g/mol. The van der Waals surface area contributed by atoms with Gasteiger partial charge in [-0.3, -0.25) is 4.79 Å². The molecule has 1 amide bonds. The SMILES string of the molecule is COc1ccc(N=C2NC(=O)/C(=C/c3cc(C)n(-c4ccc(Cl)c(C(=O)O)c4)c3C)S2)cc1. The van der Waals surface area contributed by atoms with Crippen LogP contribution in [0.3, 0.4) is 0 Å². The number of carboxylic acids is 1. The second-order valence-electron chi connectivity index (χ2n) is 7.31. The molecule has 3 aromatic rings. The summed E-state index contributed by atoms with van der Waals surface area (Å²) in [4.78, 5) is 29.0. The van der Waals surface area contributed by atoms with Crippen molar-refractivity contribution in [3.05, 3.63) is 81.0 Å². The first kappa shape index (κ1) is 22.7. The van der Waals surface area contributed by atoms with E-state index in [9.17, 15) is 14.7 Å². The van der Waals surface area contributed by atoms with Crippen molar-refractivity contribution in [1.82, 2.24) is 9.88 Å². The van der Waals surface area contributed by atoms with Gasteiger partial charge in [0.2, 0.25) is 0 Å². The zero-order valence-corrected chi connectivity index (χ0v) is 19.6. The lowest BCUT2D eigenvalue weighted by atomic mass is 10.2. The topological polar surface area (TPSA) is 92.9 Å². The van der Waals surface area contributed by atoms with E-state index in [1.165, 1.54) is 17.8 Å². The Bertz CT molecular complexity index is 1330. The number of hydrogen-bond donors (Lipinski definition) is 2. The van der Waals surface area contributed by atoms with E-state index < -0.39 is 5.97 Å². The highest BCUT2D eigenvalue weighted by atomic mass is 35.5. The highest BCUT2D eigenvalue weighted by Gasteiger charge is 2.25. The largest absolute Gasteiger partial charge is 0.497 e. The van der Waals surface area contributed by atoms with Crippen LogP contribution in [0.1, 0.15) is 27.3 Å². The van der Waals surface area contributed by atoms with Crippen LogP contribution in [0.4, 0.5) is 5.69 Å². The zero-order valence-electron chi connectivity index (χ0n) is 18.0. The average Bonchev–Trinajstić information content (AvgIpc) is 3.26. The second kappa shape index (κ2) is 9.17. The molecule has 9 heteroatoms. The molecule has 0 radical (unpaired) electrons. The summed E-state index contributed by atoms with van der Waals surface area (Å²) in [6.07, 6.45) is 1.81. The minimum atomic E-state index is -1.09. The van der Waals surface area contributed by atoms with Gasteiger partial charge in [0.15, 0.2) is 5.17 Å². The number of aromatic nitrogens is 1. The third-order valence-electron chi connectivity index (χ3n) is 5.15. The molecule has 0 unspecified atom stereocenters. The number of thioether (sulfide) groups is 1. The van der Waals surface area contributed by atoms with Crippen LogP contribution in [0.2, 0.25) is 5.02 Å². The van der Waals surface area contributed by atoms with Crippen molar-refractivity contribution >= 4 is 52.2 Å². The van der Waals surface area contributed by atoms with Crippen molar-refractivity contribution in [3.8, 4) is 11.4 Å². The van der Waals surface area contributed by atoms with Crippen LogP contribution in [0, 0.1) is 13.8 Å². The molecule has 0 spiro atoms. The predicted octanol–water partition coefficient (Wildman–Crippen LogP) is 5.35. The highest BCUT2D eigenvalue weighted by molar-refractivity contribution is 8.18. The van der Waals surface area contributed by atoms with Crippen LogP contribution >= 0.6 is 23.4 Å². The van der Waals surface area contributed by atoms with Crippen molar-refractivity contribution in [2.75, 3.05) is 7.11 Å². The van der Waals surface area contributed by atoms with Crippen LogP contribution in [0.15, 0.2) is 58.4 Å². The number of halogens is 1. The van der Waals surface area contributed by atoms with E-state index in [4.69, 9.17) is 16.3 Å². The fourth-order valence-corrected chi connectivity index (χ4v) is 4.57. The minimum Gasteiger partial charge on any atom is -0.497 e. The summed E-state index contributed by atoms with van der Waals surface area (Å²) in [6, 6.07) is 14.1. The number of rotatable bonds is 5. The van der Waals surface area contributed by atoms with E-state index >= 15 is 0 Å². The summed E-state index contributed by atoms with van der Waals surface area (Å²) < 4.78 is 7.08. The molecule has 4 rings (SSSR count). The summed E-state index contributed by atoms with van der Waals surface area (Å²) in [6.45, 7) is 3.83. The number of hydrogen-bond acceptors (Lipinski definition) is 5. The van der Waals surface area contributed by atoms with Gasteiger partial charge in [-0.1, -0.05) is 11.6 Å². The number of benzene rings is 2. The van der Waals surface area contributed by atoms with E-state index in [0.717, 1.165) is 22.7 Å². The molecular formula is C24H20ClN3O4S. The summed E-state index contributed by atoms with van der Waals surface area (Å²) in [5.41, 5.74) is 4.03. The lowest BCUT2D eigenvalue weighted by Crippen LogP contribution is -2.19. The van der Waals surface area contributed by atoms with E-state index in [1.807, 2.05) is 42.7 Å². The molecule has 0 bridgehead atoms. The van der Waals surface area contributed by atoms with Gasteiger partial charge in [0.1, 0.15) is 5.75 Å². The molecule has 1 aromatic heterocycles. The molecule has 0 aliphatic carbocycles. The van der Waals surface area contributed by atoms with Crippen molar-refractivity contribution < 1.29 is 19.4 Å². The number of carbonyl (C=O) groups is 2. The van der Waals surface area contributed by atoms with Crippen LogP contribution in [-0.4, -0.2) is 33.8 Å². The highest BCUT2D eigenvalue weighted by Crippen LogP contribution is 2.31. The molecule has 168 valence electrons. The van der Waals surface area contributed by atoms with Gasteiger partial charge in [-0.2, -0.15) is 0 Å². The molecule has 1 aliphatic heterocycles. The molecule has 1 fully saturated rings. The first-order valence-corrected chi connectivity index (χ1v) is 11.1. The van der Waals surface area contributed by atoms with Gasteiger partial charge >= 0.3 is 5.97 Å². The molecule has 2 heterocycles. The Morgan fingerprint density at radius 1 is 1.18 bits per heavy atom. The molecule has 33 heavy (non-hydrogen) atoms. The van der Waals surface area contributed by atoms with Gasteiger partial charge in [0.25, 0.3) is 5.91 Å².